The van der Waals surface area contributed by atoms with Crippen LogP contribution in [0.4, 0.5) is 0 Å². The summed E-state index contributed by atoms with van der Waals surface area (Å²) in [4.78, 5) is 21.4. The molecule has 5 nitrogen and oxygen atoms in total. The Hall–Kier alpha value is -2.14. The summed E-state index contributed by atoms with van der Waals surface area (Å²) >= 11 is 0. The number of carbonyl (C=O) groups is 1. The molecule has 1 aromatic heterocycles. The van der Waals surface area contributed by atoms with Crippen molar-refractivity contribution in [3.05, 3.63) is 53.7 Å². The van der Waals surface area contributed by atoms with Gasteiger partial charge in [-0.15, -0.1) is 0 Å². The molecule has 1 fully saturated rings. The number of aromatic nitrogens is 1. The topological polar surface area (TPSA) is 49.6 Å². The fourth-order valence-electron chi connectivity index (χ4n) is 3.29. The van der Waals surface area contributed by atoms with Crippen LogP contribution in [0.5, 0.6) is 0 Å². The van der Waals surface area contributed by atoms with Crippen LogP contribution in [-0.4, -0.2) is 39.8 Å². The summed E-state index contributed by atoms with van der Waals surface area (Å²) in [6.07, 6.45) is 3.22. The molecule has 0 aliphatic carbocycles. The van der Waals surface area contributed by atoms with Gasteiger partial charge in [-0.2, -0.15) is 0 Å². The molecule has 1 aromatic carbocycles. The zero-order valence-corrected chi connectivity index (χ0v) is 14.4. The lowest BCUT2D eigenvalue weighted by Gasteiger charge is -2.31. The second kappa shape index (κ2) is 7.62. The van der Waals surface area contributed by atoms with Crippen LogP contribution >= 0.6 is 0 Å². The van der Waals surface area contributed by atoms with E-state index >= 15 is 0 Å². The molecule has 0 saturated carbocycles. The first-order chi connectivity index (χ1) is 11.7. The van der Waals surface area contributed by atoms with E-state index in [9.17, 15) is 4.79 Å². The molecule has 1 amide bonds. The smallest absolute Gasteiger partial charge is 0.224 e. The molecule has 24 heavy (non-hydrogen) atoms. The summed E-state index contributed by atoms with van der Waals surface area (Å²) < 4.78 is 5.30. The zero-order chi connectivity index (χ0) is 16.9. The molecular formula is C19H25N3O2. The van der Waals surface area contributed by atoms with E-state index < -0.39 is 0 Å². The third-order valence-corrected chi connectivity index (χ3v) is 4.59. The quantitative estimate of drug-likeness (QED) is 0.847. The molecule has 0 bridgehead atoms. The van der Waals surface area contributed by atoms with Crippen LogP contribution in [-0.2, 0) is 17.9 Å². The number of nitrogens with zero attached hydrogens (tertiary/aromatic N) is 3. The fraction of sp³-hybridized carbons (Fsp3) is 0.474. The average Bonchev–Trinajstić information content (AvgIpc) is 2.94. The largest absolute Gasteiger partial charge is 0.449 e. The third kappa shape index (κ3) is 4.03. The maximum absolute atomic E-state index is 12.7. The Morgan fingerprint density at radius 1 is 1.25 bits per heavy atom. The summed E-state index contributed by atoms with van der Waals surface area (Å²) in [5, 5.41) is 0. The number of carbonyl (C=O) groups excluding carboxylic acids is 1. The van der Waals surface area contributed by atoms with Crippen molar-refractivity contribution in [1.29, 1.82) is 0 Å². The van der Waals surface area contributed by atoms with E-state index in [-0.39, 0.29) is 11.9 Å². The Morgan fingerprint density at radius 3 is 2.71 bits per heavy atom. The monoisotopic (exact) mass is 327 g/mol. The van der Waals surface area contributed by atoms with Crippen molar-refractivity contribution in [3.8, 4) is 0 Å². The van der Waals surface area contributed by atoms with Gasteiger partial charge in [-0.3, -0.25) is 9.69 Å². The number of benzene rings is 1. The van der Waals surface area contributed by atoms with E-state index in [1.54, 1.807) is 6.26 Å². The molecule has 2 aromatic rings. The van der Waals surface area contributed by atoms with Crippen molar-refractivity contribution in [2.24, 2.45) is 0 Å². The van der Waals surface area contributed by atoms with Gasteiger partial charge in [0.05, 0.1) is 5.69 Å². The SMILES string of the molecule is CC[C@@H]1CN(Cc2coc(C)n2)CCC(=O)N1Cc1ccccc1. The van der Waals surface area contributed by atoms with Crippen molar-refractivity contribution < 1.29 is 9.21 Å². The highest BCUT2D eigenvalue weighted by molar-refractivity contribution is 5.77. The van der Waals surface area contributed by atoms with E-state index in [2.05, 4.69) is 28.9 Å². The van der Waals surface area contributed by atoms with E-state index in [0.717, 1.165) is 31.7 Å². The van der Waals surface area contributed by atoms with Crippen molar-refractivity contribution in [3.63, 3.8) is 0 Å². The van der Waals surface area contributed by atoms with Gasteiger partial charge in [0.1, 0.15) is 6.26 Å². The normalized spacial score (nSPS) is 19.5. The molecule has 128 valence electrons. The van der Waals surface area contributed by atoms with Crippen LogP contribution in [0, 0.1) is 6.92 Å². The summed E-state index contributed by atoms with van der Waals surface area (Å²) in [7, 11) is 0. The Labute approximate surface area is 143 Å². The summed E-state index contributed by atoms with van der Waals surface area (Å²) in [6.45, 7) is 7.08. The Bertz CT molecular complexity index is 668. The van der Waals surface area contributed by atoms with Crippen molar-refractivity contribution >= 4 is 5.91 Å². The first kappa shape index (κ1) is 16.7. The standard InChI is InChI=1S/C19H25N3O2/c1-3-18-13-21(12-17-14-24-15(2)20-17)10-9-19(23)22(18)11-16-7-5-4-6-8-16/h4-8,14,18H,3,9-13H2,1-2H3/t18-/m1/s1. The van der Waals surface area contributed by atoms with E-state index in [0.29, 0.717) is 18.9 Å². The molecule has 0 radical (unpaired) electrons. The minimum absolute atomic E-state index is 0.230. The molecule has 0 unspecified atom stereocenters. The van der Waals surface area contributed by atoms with E-state index in [1.807, 2.05) is 30.0 Å². The highest BCUT2D eigenvalue weighted by Crippen LogP contribution is 2.19. The number of rotatable bonds is 5. The highest BCUT2D eigenvalue weighted by Gasteiger charge is 2.28. The predicted octanol–water partition coefficient (Wildman–Crippen LogP) is 3.00. The van der Waals surface area contributed by atoms with Gasteiger partial charge in [0, 0.05) is 45.6 Å². The number of aryl methyl sites for hydroxylation is 1. The number of amides is 1. The van der Waals surface area contributed by atoms with Crippen LogP contribution in [0.2, 0.25) is 0 Å². The maximum atomic E-state index is 12.7. The molecule has 0 spiro atoms. The van der Waals surface area contributed by atoms with Crippen LogP contribution in [0.25, 0.3) is 0 Å². The van der Waals surface area contributed by atoms with E-state index in [4.69, 9.17) is 4.42 Å². The summed E-state index contributed by atoms with van der Waals surface area (Å²) in [6, 6.07) is 10.5. The van der Waals surface area contributed by atoms with Crippen molar-refractivity contribution in [2.45, 2.75) is 45.8 Å². The van der Waals surface area contributed by atoms with Gasteiger partial charge in [-0.25, -0.2) is 4.98 Å². The van der Waals surface area contributed by atoms with Gasteiger partial charge >= 0.3 is 0 Å². The first-order valence-electron chi connectivity index (χ1n) is 8.62. The molecule has 1 atom stereocenters. The van der Waals surface area contributed by atoms with Crippen molar-refractivity contribution in [2.75, 3.05) is 13.1 Å². The van der Waals surface area contributed by atoms with E-state index in [1.165, 1.54) is 5.56 Å². The fourth-order valence-corrected chi connectivity index (χ4v) is 3.29. The number of hydrogen-bond donors (Lipinski definition) is 0. The molecule has 1 aliphatic heterocycles. The molecule has 1 saturated heterocycles. The number of oxazole rings is 1. The maximum Gasteiger partial charge on any atom is 0.224 e. The lowest BCUT2D eigenvalue weighted by Crippen LogP contribution is -2.42. The minimum Gasteiger partial charge on any atom is -0.449 e. The Balaban J connectivity index is 1.71. The number of hydrogen-bond acceptors (Lipinski definition) is 4. The Kier molecular flexibility index (Phi) is 5.30. The van der Waals surface area contributed by atoms with Gasteiger partial charge in [0.2, 0.25) is 5.91 Å². The lowest BCUT2D eigenvalue weighted by molar-refractivity contribution is -0.133. The van der Waals surface area contributed by atoms with Gasteiger partial charge in [0.25, 0.3) is 0 Å². The second-order valence-corrected chi connectivity index (χ2v) is 6.41. The van der Waals surface area contributed by atoms with Gasteiger partial charge in [-0.1, -0.05) is 37.3 Å². The summed E-state index contributed by atoms with van der Waals surface area (Å²) in [5.74, 6) is 0.929. The third-order valence-electron chi connectivity index (χ3n) is 4.59. The van der Waals surface area contributed by atoms with Gasteiger partial charge in [-0.05, 0) is 12.0 Å². The van der Waals surface area contributed by atoms with Gasteiger partial charge in [0.15, 0.2) is 5.89 Å². The predicted molar refractivity (Wildman–Crippen MR) is 92.2 cm³/mol. The van der Waals surface area contributed by atoms with Crippen LogP contribution in [0.1, 0.15) is 36.9 Å². The molecule has 0 N–H and O–H groups in total. The molecule has 2 heterocycles. The molecule has 1 aliphatic rings. The zero-order valence-electron chi connectivity index (χ0n) is 14.4. The lowest BCUT2D eigenvalue weighted by atomic mass is 10.1. The summed E-state index contributed by atoms with van der Waals surface area (Å²) in [5.41, 5.74) is 2.12. The highest BCUT2D eigenvalue weighted by atomic mass is 16.3. The van der Waals surface area contributed by atoms with Crippen molar-refractivity contribution in [1.82, 2.24) is 14.8 Å². The first-order valence-corrected chi connectivity index (χ1v) is 8.62. The van der Waals surface area contributed by atoms with Crippen LogP contribution in [0.3, 0.4) is 0 Å². The van der Waals surface area contributed by atoms with Crippen LogP contribution in [0.15, 0.2) is 41.0 Å². The Morgan fingerprint density at radius 2 is 2.04 bits per heavy atom. The molecule has 5 heteroatoms. The minimum atomic E-state index is 0.230. The second-order valence-electron chi connectivity index (χ2n) is 6.41. The van der Waals surface area contributed by atoms with Crippen LogP contribution < -0.4 is 0 Å². The molecular weight excluding hydrogens is 302 g/mol. The molecule has 3 rings (SSSR count). The average molecular weight is 327 g/mol. The van der Waals surface area contributed by atoms with Gasteiger partial charge < -0.3 is 9.32 Å².